The van der Waals surface area contributed by atoms with Crippen LogP contribution in [0.15, 0.2) is 12.2 Å². The number of ether oxygens (including phenoxy) is 10. The third kappa shape index (κ3) is 10.6. The highest BCUT2D eigenvalue weighted by atomic mass is 16.8. The molecule has 5 heterocycles. The summed E-state index contributed by atoms with van der Waals surface area (Å²) in [6.07, 6.45) is -25.8. The van der Waals surface area contributed by atoms with E-state index in [9.17, 15) is 66.4 Å². The van der Waals surface area contributed by atoms with Crippen LogP contribution in [0.1, 0.15) is 127 Å². The lowest BCUT2D eigenvalue weighted by Gasteiger charge is -2.73. The molecule has 10 aliphatic rings. The number of hydrogen-bond acceptors (Lipinski definition) is 24. The molecule has 24 nitrogen and oxygen atoms in total. The summed E-state index contributed by atoms with van der Waals surface area (Å²) in [6, 6.07) is 0. The maximum atomic E-state index is 15.3. The van der Waals surface area contributed by atoms with Crippen molar-refractivity contribution in [2.24, 2.45) is 62.6 Å². The molecule has 5 aliphatic heterocycles. The van der Waals surface area contributed by atoms with E-state index in [2.05, 4.69) is 27.4 Å². The Morgan fingerprint density at radius 2 is 1.14 bits per heavy atom. The molecule has 0 aromatic heterocycles. The van der Waals surface area contributed by atoms with E-state index < -0.39 is 170 Å². The molecule has 0 unspecified atom stereocenters. The van der Waals surface area contributed by atoms with E-state index in [1.165, 1.54) is 13.8 Å². The summed E-state index contributed by atoms with van der Waals surface area (Å²) in [5, 5.41) is 142. The lowest BCUT2D eigenvalue weighted by atomic mass is 9.32. The largest absolute Gasteiger partial charge is 0.432 e. The van der Waals surface area contributed by atoms with Crippen LogP contribution in [0.4, 0.5) is 0 Å². The fourth-order valence-electron chi connectivity index (χ4n) is 18.6. The van der Waals surface area contributed by atoms with Crippen molar-refractivity contribution in [1.82, 2.24) is 0 Å². The minimum absolute atomic E-state index is 0.00102. The van der Waals surface area contributed by atoms with Crippen LogP contribution in [0.25, 0.3) is 0 Å². The first-order valence-corrected chi connectivity index (χ1v) is 30.9. The zero-order chi connectivity index (χ0) is 61.2. The topological polar surface area (TPSA) is 372 Å². The summed E-state index contributed by atoms with van der Waals surface area (Å²) in [6.45, 7) is 21.1. The van der Waals surface area contributed by atoms with Crippen molar-refractivity contribution in [2.75, 3.05) is 19.8 Å². The number of aliphatic hydroxyl groups is 13. The van der Waals surface area contributed by atoms with E-state index in [-0.39, 0.29) is 65.7 Å². The molecule has 0 aromatic rings. The SMILES string of the molecule is C=C(C)[C@@H]1CC[C@]2(C(=O)O[C@@H]3O[C@H](CO[C@@H]4O[C@H](C)[C@@H](O[C@@H]5O[C@@H](C)[C@H](O)[C@@H](O)[C@H]5O)[C@H](O)[C@H]4O)[C@@H](C)[C@H](O)[C@H]3O)CC[C@]3(C)[C@H](CC[C@@H]4[C@@]5(C)CC[C@H](O[C@@H]6OC[C@H](O)[C@H](O)[C@H]6O[C@@H]6O[C@@H](C)[C@H](O)[C@@H](O)[C@H]6O)[C@@](C)(CO)[C@@H]5CC[C@]43C)[C@H]12. The molecule has 0 amide bonds. The zero-order valence-corrected chi connectivity index (χ0v) is 50.0. The second kappa shape index (κ2) is 24.2. The molecule has 5 aliphatic carbocycles. The third-order valence-corrected chi connectivity index (χ3v) is 24.0. The summed E-state index contributed by atoms with van der Waals surface area (Å²) < 4.78 is 60.5. The quantitative estimate of drug-likeness (QED) is 0.0635. The smallest absolute Gasteiger partial charge is 0.314 e. The first-order chi connectivity index (χ1) is 39.4. The predicted molar refractivity (Wildman–Crippen MR) is 290 cm³/mol. The minimum Gasteiger partial charge on any atom is -0.432 e. The number of hydrogen-bond donors (Lipinski definition) is 13. The number of allylic oxidation sites excluding steroid dienone is 1. The number of carbonyl (C=O) groups excluding carboxylic acids is 1. The van der Waals surface area contributed by atoms with Crippen LogP contribution in [-0.2, 0) is 52.2 Å². The molecule has 10 rings (SSSR count). The molecule has 35 atom stereocenters. The van der Waals surface area contributed by atoms with Gasteiger partial charge in [-0.05, 0) is 138 Å². The Balaban J connectivity index is 0.817. The summed E-state index contributed by atoms with van der Waals surface area (Å²) in [7, 11) is 0. The fraction of sp³-hybridized carbons (Fsp3) is 0.950. The summed E-state index contributed by atoms with van der Waals surface area (Å²) in [4.78, 5) is 15.3. The van der Waals surface area contributed by atoms with Crippen molar-refractivity contribution in [3.8, 4) is 0 Å². The first-order valence-electron chi connectivity index (χ1n) is 30.9. The van der Waals surface area contributed by atoms with Crippen LogP contribution in [0.2, 0.25) is 0 Å². The number of esters is 1. The van der Waals surface area contributed by atoms with Gasteiger partial charge in [-0.3, -0.25) is 4.79 Å². The van der Waals surface area contributed by atoms with Crippen LogP contribution < -0.4 is 0 Å². The van der Waals surface area contributed by atoms with Crippen molar-refractivity contribution in [3.05, 3.63) is 12.2 Å². The van der Waals surface area contributed by atoms with Crippen LogP contribution in [-0.4, -0.2) is 240 Å². The van der Waals surface area contributed by atoms with E-state index >= 15 is 4.79 Å². The monoisotopic (exact) mass is 1200 g/mol. The number of aliphatic hydroxyl groups excluding tert-OH is 13. The number of rotatable bonds is 13. The van der Waals surface area contributed by atoms with Gasteiger partial charge in [-0.2, -0.15) is 0 Å². The van der Waals surface area contributed by atoms with Crippen LogP contribution in [0.3, 0.4) is 0 Å². The van der Waals surface area contributed by atoms with Gasteiger partial charge in [0.15, 0.2) is 25.2 Å². The molecule has 13 N–H and O–H groups in total. The van der Waals surface area contributed by atoms with Crippen molar-refractivity contribution in [2.45, 2.75) is 274 Å². The van der Waals surface area contributed by atoms with Crippen molar-refractivity contribution >= 4 is 5.97 Å². The zero-order valence-electron chi connectivity index (χ0n) is 50.0. The van der Waals surface area contributed by atoms with Gasteiger partial charge in [-0.1, -0.05) is 46.8 Å². The average molecular weight is 1200 g/mol. The molecule has 5 saturated heterocycles. The number of fused-ring (bicyclic) bond motifs is 7. The van der Waals surface area contributed by atoms with Crippen molar-refractivity contribution in [3.63, 3.8) is 0 Å². The van der Waals surface area contributed by atoms with E-state index in [1.807, 2.05) is 13.8 Å². The lowest BCUT2D eigenvalue weighted by molar-refractivity contribution is -0.366. The Bertz CT molecular complexity index is 2320. The van der Waals surface area contributed by atoms with E-state index in [0.717, 1.165) is 37.7 Å². The van der Waals surface area contributed by atoms with Gasteiger partial charge in [0, 0.05) is 11.3 Å². The maximum absolute atomic E-state index is 15.3. The molecular weight excluding hydrogens is 1100 g/mol. The number of carbonyl (C=O) groups is 1. The summed E-state index contributed by atoms with van der Waals surface area (Å²) in [5.74, 6) is -1.16. The molecule has 482 valence electrons. The Morgan fingerprint density at radius 1 is 0.548 bits per heavy atom. The molecule has 0 aromatic carbocycles. The highest BCUT2D eigenvalue weighted by Crippen LogP contribution is 2.78. The summed E-state index contributed by atoms with van der Waals surface area (Å²) in [5.41, 5.74) is -1.51. The van der Waals surface area contributed by atoms with Gasteiger partial charge in [-0.25, -0.2) is 0 Å². The molecule has 10 fully saturated rings. The molecule has 84 heavy (non-hydrogen) atoms. The van der Waals surface area contributed by atoms with Gasteiger partial charge in [0.2, 0.25) is 6.29 Å². The van der Waals surface area contributed by atoms with Gasteiger partial charge in [-0.15, -0.1) is 0 Å². The van der Waals surface area contributed by atoms with Gasteiger partial charge in [0.1, 0.15) is 79.4 Å². The predicted octanol–water partition coefficient (Wildman–Crippen LogP) is -0.386. The van der Waals surface area contributed by atoms with Gasteiger partial charge < -0.3 is 114 Å². The van der Waals surface area contributed by atoms with Crippen LogP contribution >= 0.6 is 0 Å². The normalized spacial score (nSPS) is 56.8. The minimum atomic E-state index is -1.70. The van der Waals surface area contributed by atoms with Gasteiger partial charge in [0.25, 0.3) is 0 Å². The van der Waals surface area contributed by atoms with E-state index in [1.54, 1.807) is 13.8 Å². The fourth-order valence-corrected chi connectivity index (χ4v) is 18.6. The van der Waals surface area contributed by atoms with Gasteiger partial charge in [0.05, 0.1) is 61.9 Å². The molecule has 24 heteroatoms. The molecule has 0 radical (unpaired) electrons. The van der Waals surface area contributed by atoms with Crippen LogP contribution in [0.5, 0.6) is 0 Å². The Labute approximate surface area is 491 Å². The second-order valence-corrected chi connectivity index (χ2v) is 28.3. The summed E-state index contributed by atoms with van der Waals surface area (Å²) >= 11 is 0. The van der Waals surface area contributed by atoms with E-state index in [0.29, 0.717) is 32.1 Å². The highest BCUT2D eigenvalue weighted by molar-refractivity contribution is 5.78. The standard InChI is InChI=1S/C60H98O24/c1-24(2)29-13-18-60(55(74)84-53-44(70)37(63)25(3)32(80-53)22-76-50-47(73)43(69)48(28(6)79-50)82-51-45(71)41(67)38(64)26(4)77-51)20-19-58(9)30(36(29)60)11-12-34-56(7)16-15-35(57(8,23-61)33(56)14-17-59(34,58)10)81-54-49(40(66)31(62)21-75-54)83-52-46(72)42(68)39(65)27(5)78-52/h25-54,61-73H,1,11-23H2,2-10H3/t25-,26+,27+,28-,29+,30-,31+,32-,33-,34-,35+,36+,37+,38+,39+,40+,41-,42-,43-,44-,45-,46-,47-,48-,49-,50-,51+,52+,53+,54+,56+,57+,58-,59-,60+/m1/s1. The molecule has 5 saturated carbocycles. The second-order valence-electron chi connectivity index (χ2n) is 28.3. The Kier molecular flexibility index (Phi) is 18.8. The Hall–Kier alpha value is -1.67. The highest BCUT2D eigenvalue weighted by Gasteiger charge is 2.73. The maximum Gasteiger partial charge on any atom is 0.314 e. The van der Waals surface area contributed by atoms with Gasteiger partial charge >= 0.3 is 5.97 Å². The average Bonchev–Trinajstić information content (AvgIpc) is 1.03. The van der Waals surface area contributed by atoms with Crippen LogP contribution in [0, 0.1) is 62.6 Å². The van der Waals surface area contributed by atoms with Crippen molar-refractivity contribution < 1.29 is 119 Å². The first kappa shape index (κ1) is 65.3. The van der Waals surface area contributed by atoms with Crippen molar-refractivity contribution in [1.29, 1.82) is 0 Å². The Morgan fingerprint density at radius 3 is 1.76 bits per heavy atom. The molecular formula is C60H98O24. The van der Waals surface area contributed by atoms with E-state index in [4.69, 9.17) is 47.4 Å². The molecule has 0 bridgehead atoms. The lowest BCUT2D eigenvalue weighted by Crippen LogP contribution is -2.68. The third-order valence-electron chi connectivity index (χ3n) is 24.0. The molecule has 0 spiro atoms.